The molecule has 30 heavy (non-hydrogen) atoms. The fraction of sp³-hybridized carbons (Fsp3) is 0.200. The van der Waals surface area contributed by atoms with Crippen LogP contribution in [0.3, 0.4) is 0 Å². The Labute approximate surface area is 176 Å². The van der Waals surface area contributed by atoms with Crippen molar-refractivity contribution < 1.29 is 22.7 Å². The van der Waals surface area contributed by atoms with Crippen LogP contribution in [0.15, 0.2) is 54.6 Å². The number of sulfonamides is 1. The molecule has 4 rings (SSSR count). The number of carbonyl (C=O) groups is 1. The lowest BCUT2D eigenvalue weighted by Crippen LogP contribution is -2.45. The number of carboxylic acid groups (broad SMARTS) is 1. The van der Waals surface area contributed by atoms with E-state index >= 15 is 0 Å². The van der Waals surface area contributed by atoms with Crippen molar-refractivity contribution >= 4 is 43.7 Å². The fourth-order valence-corrected chi connectivity index (χ4v) is 6.19. The smallest absolute Gasteiger partial charge is 0.322 e. The van der Waals surface area contributed by atoms with Gasteiger partial charge in [0.2, 0.25) is 10.0 Å². The third-order valence-corrected chi connectivity index (χ3v) is 8.33. The predicted octanol–water partition coefficient (Wildman–Crippen LogP) is 3.12. The van der Waals surface area contributed by atoms with Crippen LogP contribution in [0.5, 0.6) is 0 Å². The summed E-state index contributed by atoms with van der Waals surface area (Å²) in [5.74, 6) is -1.27. The zero-order valence-electron chi connectivity index (χ0n) is 15.6. The van der Waals surface area contributed by atoms with Crippen molar-refractivity contribution in [2.75, 3.05) is 0 Å². The number of benzene rings is 2. The normalized spacial score (nSPS) is 17.8. The van der Waals surface area contributed by atoms with Crippen LogP contribution >= 0.6 is 11.8 Å². The number of aromatic nitrogens is 2. The number of allylic oxidation sites excluding steroid dienone is 1. The van der Waals surface area contributed by atoms with E-state index in [9.17, 15) is 22.7 Å². The lowest BCUT2D eigenvalue weighted by atomic mass is 10.2. The van der Waals surface area contributed by atoms with E-state index in [4.69, 9.17) is 0 Å². The van der Waals surface area contributed by atoms with Crippen LogP contribution in [-0.2, 0) is 21.2 Å². The number of thioether (sulfide) groups is 1. The number of nitrogens with one attached hydrogen (secondary N) is 2. The summed E-state index contributed by atoms with van der Waals surface area (Å²) in [5.41, 5.74) is 2.15. The Morgan fingerprint density at radius 3 is 2.70 bits per heavy atom. The van der Waals surface area contributed by atoms with Gasteiger partial charge >= 0.3 is 5.97 Å². The Bertz CT molecular complexity index is 1190. The van der Waals surface area contributed by atoms with Crippen molar-refractivity contribution in [2.45, 2.75) is 23.5 Å². The molecule has 0 saturated carbocycles. The molecule has 1 unspecified atom stereocenters. The SMILES string of the molecule is O=C(O)[C@H](Cc1nc2ccccc2[nH]1)NS(=O)(=O)C1CC=C(c2ccc(F)cc2)S1. The Morgan fingerprint density at radius 1 is 1.27 bits per heavy atom. The van der Waals surface area contributed by atoms with E-state index in [-0.39, 0.29) is 18.7 Å². The summed E-state index contributed by atoms with van der Waals surface area (Å²) in [6.45, 7) is 0. The molecule has 10 heteroatoms. The second-order valence-electron chi connectivity index (χ2n) is 6.82. The lowest BCUT2D eigenvalue weighted by molar-refractivity contribution is -0.138. The molecule has 1 aromatic heterocycles. The number of imidazole rings is 1. The number of nitrogens with zero attached hydrogens (tertiary/aromatic N) is 1. The number of fused-ring (bicyclic) bond motifs is 1. The monoisotopic (exact) mass is 447 g/mol. The molecule has 156 valence electrons. The fourth-order valence-electron chi connectivity index (χ4n) is 3.18. The van der Waals surface area contributed by atoms with E-state index in [0.29, 0.717) is 11.3 Å². The van der Waals surface area contributed by atoms with Gasteiger partial charge in [0, 0.05) is 11.3 Å². The van der Waals surface area contributed by atoms with Crippen molar-refractivity contribution in [3.8, 4) is 0 Å². The van der Waals surface area contributed by atoms with E-state index in [1.807, 2.05) is 18.2 Å². The number of hydrogen-bond donors (Lipinski definition) is 3. The van der Waals surface area contributed by atoms with Crippen LogP contribution < -0.4 is 4.72 Å². The molecule has 1 aliphatic rings. The number of hydrogen-bond acceptors (Lipinski definition) is 5. The van der Waals surface area contributed by atoms with Gasteiger partial charge in [-0.05, 0) is 36.2 Å². The third kappa shape index (κ3) is 4.40. The molecular weight excluding hydrogens is 429 g/mol. The van der Waals surface area contributed by atoms with Gasteiger partial charge in [-0.1, -0.05) is 30.3 Å². The molecule has 2 atom stereocenters. The average molecular weight is 448 g/mol. The minimum absolute atomic E-state index is 0.112. The summed E-state index contributed by atoms with van der Waals surface area (Å²) in [5, 5.41) is 9.55. The summed E-state index contributed by atoms with van der Waals surface area (Å²) in [6, 6.07) is 11.7. The summed E-state index contributed by atoms with van der Waals surface area (Å²) >= 11 is 1.11. The van der Waals surface area contributed by atoms with Crippen LogP contribution in [0, 0.1) is 5.82 Å². The zero-order chi connectivity index (χ0) is 21.3. The van der Waals surface area contributed by atoms with Crippen LogP contribution in [0.25, 0.3) is 15.9 Å². The Balaban J connectivity index is 1.46. The van der Waals surface area contributed by atoms with E-state index in [1.165, 1.54) is 12.1 Å². The molecule has 0 saturated heterocycles. The maximum atomic E-state index is 13.1. The lowest BCUT2D eigenvalue weighted by Gasteiger charge is -2.17. The first kappa shape index (κ1) is 20.6. The first-order valence-electron chi connectivity index (χ1n) is 9.12. The molecule has 2 heterocycles. The van der Waals surface area contributed by atoms with Gasteiger partial charge in [-0.25, -0.2) is 17.8 Å². The Hall–Kier alpha value is -2.69. The molecule has 1 aliphatic heterocycles. The van der Waals surface area contributed by atoms with Crippen molar-refractivity contribution in [1.29, 1.82) is 0 Å². The highest BCUT2D eigenvalue weighted by Crippen LogP contribution is 2.41. The molecule has 0 fully saturated rings. The molecule has 0 amide bonds. The predicted molar refractivity (Wildman–Crippen MR) is 114 cm³/mol. The summed E-state index contributed by atoms with van der Waals surface area (Å²) < 4.78 is 40.2. The summed E-state index contributed by atoms with van der Waals surface area (Å²) in [4.78, 5) is 19.8. The topological polar surface area (TPSA) is 112 Å². The van der Waals surface area contributed by atoms with Crippen LogP contribution in [-0.4, -0.2) is 40.1 Å². The first-order valence-corrected chi connectivity index (χ1v) is 11.5. The molecule has 7 nitrogen and oxygen atoms in total. The maximum absolute atomic E-state index is 13.1. The van der Waals surface area contributed by atoms with Gasteiger partial charge in [-0.15, -0.1) is 11.8 Å². The van der Waals surface area contributed by atoms with Crippen LogP contribution in [0.1, 0.15) is 17.8 Å². The average Bonchev–Trinajstić information content (AvgIpc) is 3.35. The van der Waals surface area contributed by atoms with Gasteiger partial charge < -0.3 is 10.1 Å². The molecule has 0 radical (unpaired) electrons. The van der Waals surface area contributed by atoms with Crippen LogP contribution in [0.2, 0.25) is 0 Å². The van der Waals surface area contributed by atoms with Gasteiger partial charge in [0.05, 0.1) is 11.0 Å². The number of para-hydroxylation sites is 2. The highest BCUT2D eigenvalue weighted by atomic mass is 32.3. The largest absolute Gasteiger partial charge is 0.480 e. The Morgan fingerprint density at radius 2 is 2.00 bits per heavy atom. The molecular formula is C20H18FN3O4S2. The van der Waals surface area contributed by atoms with Crippen molar-refractivity contribution in [2.24, 2.45) is 0 Å². The molecule has 0 spiro atoms. The van der Waals surface area contributed by atoms with E-state index in [2.05, 4.69) is 14.7 Å². The highest BCUT2D eigenvalue weighted by molar-refractivity contribution is 8.18. The number of halogens is 1. The first-order chi connectivity index (χ1) is 14.3. The Kier molecular flexibility index (Phi) is 5.63. The molecule has 3 N–H and O–H groups in total. The van der Waals surface area contributed by atoms with Gasteiger partial charge in [-0.3, -0.25) is 4.79 Å². The van der Waals surface area contributed by atoms with Gasteiger partial charge in [-0.2, -0.15) is 4.72 Å². The van der Waals surface area contributed by atoms with Gasteiger partial charge in [0.25, 0.3) is 0 Å². The molecule has 2 aromatic carbocycles. The highest BCUT2D eigenvalue weighted by Gasteiger charge is 2.35. The van der Waals surface area contributed by atoms with E-state index in [1.54, 1.807) is 24.3 Å². The minimum Gasteiger partial charge on any atom is -0.480 e. The van der Waals surface area contributed by atoms with Crippen molar-refractivity contribution in [3.63, 3.8) is 0 Å². The quantitative estimate of drug-likeness (QED) is 0.513. The van der Waals surface area contributed by atoms with Crippen LogP contribution in [0.4, 0.5) is 4.39 Å². The van der Waals surface area contributed by atoms with Crippen molar-refractivity contribution in [1.82, 2.24) is 14.7 Å². The maximum Gasteiger partial charge on any atom is 0.322 e. The zero-order valence-corrected chi connectivity index (χ0v) is 17.2. The number of aromatic amines is 1. The number of H-pyrrole nitrogens is 1. The van der Waals surface area contributed by atoms with E-state index in [0.717, 1.165) is 27.7 Å². The molecule has 0 bridgehead atoms. The third-order valence-electron chi connectivity index (χ3n) is 4.67. The molecule has 3 aromatic rings. The van der Waals surface area contributed by atoms with Crippen molar-refractivity contribution in [3.05, 3.63) is 71.8 Å². The van der Waals surface area contributed by atoms with E-state index < -0.39 is 26.6 Å². The van der Waals surface area contributed by atoms with Gasteiger partial charge in [0.15, 0.2) is 0 Å². The molecule has 0 aliphatic carbocycles. The number of rotatable bonds is 7. The number of carboxylic acids is 1. The minimum atomic E-state index is -3.94. The second kappa shape index (κ2) is 8.21. The second-order valence-corrected chi connectivity index (χ2v) is 10.3. The summed E-state index contributed by atoms with van der Waals surface area (Å²) in [7, 11) is -3.94. The standard InChI is InChI=1S/C20H18FN3O4S2/c21-13-7-5-12(6-8-13)17-9-10-19(29-17)30(27,28)24-16(20(25)26)11-18-22-14-3-1-2-4-15(14)23-18/h1-9,16,19,24H,10-11H2,(H,22,23)(H,25,26)/t16-,19?/m0/s1. The summed E-state index contributed by atoms with van der Waals surface area (Å²) in [6.07, 6.45) is 1.87. The van der Waals surface area contributed by atoms with Gasteiger partial charge in [0.1, 0.15) is 22.3 Å². The number of aliphatic carboxylic acids is 1.